The molecule has 0 spiro atoms. The van der Waals surface area contributed by atoms with Crippen molar-refractivity contribution in [3.63, 3.8) is 0 Å². The van der Waals surface area contributed by atoms with E-state index in [-0.39, 0.29) is 0 Å². The van der Waals surface area contributed by atoms with Gasteiger partial charge in [-0.05, 0) is 42.5 Å². The highest BCUT2D eigenvalue weighted by atomic mass is 35.5. The SMILES string of the molecule is O=C1CCc2cc(Cl)ccc2C2CCCN12. The second-order valence-electron chi connectivity index (χ2n) is 4.59. The molecular weight excluding hydrogens is 222 g/mol. The molecule has 16 heavy (non-hydrogen) atoms. The zero-order valence-corrected chi connectivity index (χ0v) is 9.83. The molecule has 0 saturated carbocycles. The first-order chi connectivity index (χ1) is 7.75. The molecule has 2 nitrogen and oxygen atoms in total. The molecule has 2 aliphatic rings. The van der Waals surface area contributed by atoms with Crippen molar-refractivity contribution in [1.29, 1.82) is 0 Å². The van der Waals surface area contributed by atoms with Gasteiger partial charge in [-0.25, -0.2) is 0 Å². The highest BCUT2D eigenvalue weighted by Gasteiger charge is 2.33. The summed E-state index contributed by atoms with van der Waals surface area (Å²) in [5.41, 5.74) is 2.57. The number of aryl methyl sites for hydroxylation is 1. The van der Waals surface area contributed by atoms with E-state index in [0.29, 0.717) is 18.4 Å². The fourth-order valence-corrected chi connectivity index (χ4v) is 3.08. The molecule has 0 aliphatic carbocycles. The van der Waals surface area contributed by atoms with E-state index in [4.69, 9.17) is 11.6 Å². The molecule has 3 rings (SSSR count). The number of halogens is 1. The summed E-state index contributed by atoms with van der Waals surface area (Å²) in [4.78, 5) is 14.0. The molecule has 2 aliphatic heterocycles. The standard InChI is InChI=1S/C13H14ClNO/c14-10-4-5-11-9(8-10)3-6-13(16)15-7-1-2-12(11)15/h4-5,8,12H,1-3,6-7H2. The summed E-state index contributed by atoms with van der Waals surface area (Å²) in [5, 5.41) is 0.776. The summed E-state index contributed by atoms with van der Waals surface area (Å²) in [6, 6.07) is 6.36. The van der Waals surface area contributed by atoms with Crippen molar-refractivity contribution in [2.45, 2.75) is 31.7 Å². The van der Waals surface area contributed by atoms with Gasteiger partial charge in [-0.15, -0.1) is 0 Å². The average Bonchev–Trinajstić information content (AvgIpc) is 2.70. The van der Waals surface area contributed by atoms with Crippen LogP contribution in [0.5, 0.6) is 0 Å². The lowest BCUT2D eigenvalue weighted by atomic mass is 9.97. The molecule has 0 aromatic heterocycles. The second-order valence-corrected chi connectivity index (χ2v) is 5.02. The smallest absolute Gasteiger partial charge is 0.223 e. The molecule has 84 valence electrons. The minimum absolute atomic E-state index is 0.301. The maximum atomic E-state index is 11.9. The number of hydrogen-bond acceptors (Lipinski definition) is 1. The Morgan fingerprint density at radius 2 is 2.19 bits per heavy atom. The van der Waals surface area contributed by atoms with E-state index >= 15 is 0 Å². The largest absolute Gasteiger partial charge is 0.336 e. The van der Waals surface area contributed by atoms with Gasteiger partial charge < -0.3 is 4.90 Å². The van der Waals surface area contributed by atoms with Crippen LogP contribution < -0.4 is 0 Å². The first-order valence-electron chi connectivity index (χ1n) is 5.83. The normalized spacial score (nSPS) is 23.9. The summed E-state index contributed by atoms with van der Waals surface area (Å²) in [6.45, 7) is 0.922. The van der Waals surface area contributed by atoms with Crippen LogP contribution >= 0.6 is 11.6 Å². The van der Waals surface area contributed by atoms with Crippen LogP contribution in [-0.4, -0.2) is 17.4 Å². The van der Waals surface area contributed by atoms with E-state index in [1.54, 1.807) is 0 Å². The number of carbonyl (C=O) groups is 1. The number of fused-ring (bicyclic) bond motifs is 3. The van der Waals surface area contributed by atoms with Crippen LogP contribution in [0.25, 0.3) is 0 Å². The third-order valence-electron chi connectivity index (χ3n) is 3.65. The number of hydrogen-bond donors (Lipinski definition) is 0. The minimum atomic E-state index is 0.301. The summed E-state index contributed by atoms with van der Waals surface area (Å²) in [6.07, 6.45) is 3.68. The highest BCUT2D eigenvalue weighted by molar-refractivity contribution is 6.30. The van der Waals surface area contributed by atoms with Crippen LogP contribution in [0.4, 0.5) is 0 Å². The molecule has 1 unspecified atom stereocenters. The maximum Gasteiger partial charge on any atom is 0.223 e. The molecule has 1 aromatic carbocycles. The van der Waals surface area contributed by atoms with E-state index in [9.17, 15) is 4.79 Å². The number of rotatable bonds is 0. The molecular formula is C13H14ClNO. The van der Waals surface area contributed by atoms with Crippen LogP contribution in [0.15, 0.2) is 18.2 Å². The van der Waals surface area contributed by atoms with Gasteiger partial charge in [-0.3, -0.25) is 4.79 Å². The van der Waals surface area contributed by atoms with Gasteiger partial charge in [-0.2, -0.15) is 0 Å². The van der Waals surface area contributed by atoms with Crippen molar-refractivity contribution >= 4 is 17.5 Å². The molecule has 1 saturated heterocycles. The fourth-order valence-electron chi connectivity index (χ4n) is 2.89. The Kier molecular flexibility index (Phi) is 2.40. The van der Waals surface area contributed by atoms with Crippen molar-refractivity contribution in [3.05, 3.63) is 34.3 Å². The Bertz CT molecular complexity index is 444. The molecule has 1 aromatic rings. The Labute approximate surface area is 100 Å². The van der Waals surface area contributed by atoms with Crippen molar-refractivity contribution in [2.24, 2.45) is 0 Å². The molecule has 0 radical (unpaired) electrons. The van der Waals surface area contributed by atoms with Gasteiger partial charge >= 0.3 is 0 Å². The average molecular weight is 236 g/mol. The van der Waals surface area contributed by atoms with Gasteiger partial charge in [0, 0.05) is 18.0 Å². The van der Waals surface area contributed by atoms with Crippen LogP contribution in [0.1, 0.15) is 36.4 Å². The Morgan fingerprint density at radius 3 is 3.06 bits per heavy atom. The van der Waals surface area contributed by atoms with Gasteiger partial charge in [0.2, 0.25) is 5.91 Å². The Balaban J connectivity index is 2.08. The molecule has 0 bridgehead atoms. The maximum absolute atomic E-state index is 11.9. The molecule has 1 amide bonds. The third-order valence-corrected chi connectivity index (χ3v) is 3.88. The number of amides is 1. The van der Waals surface area contributed by atoms with Crippen LogP contribution in [0.2, 0.25) is 5.02 Å². The van der Waals surface area contributed by atoms with Gasteiger partial charge in [0.05, 0.1) is 6.04 Å². The van der Waals surface area contributed by atoms with Crippen molar-refractivity contribution in [2.75, 3.05) is 6.54 Å². The van der Waals surface area contributed by atoms with Gasteiger partial charge in [-0.1, -0.05) is 17.7 Å². The minimum Gasteiger partial charge on any atom is -0.336 e. The van der Waals surface area contributed by atoms with Crippen LogP contribution in [0, 0.1) is 0 Å². The van der Waals surface area contributed by atoms with E-state index < -0.39 is 0 Å². The zero-order chi connectivity index (χ0) is 11.1. The summed E-state index contributed by atoms with van der Waals surface area (Å²) >= 11 is 6.01. The van der Waals surface area contributed by atoms with Crippen molar-refractivity contribution < 1.29 is 4.79 Å². The highest BCUT2D eigenvalue weighted by Crippen LogP contribution is 2.37. The lowest BCUT2D eigenvalue weighted by Crippen LogP contribution is -2.28. The first-order valence-corrected chi connectivity index (χ1v) is 6.21. The third kappa shape index (κ3) is 1.52. The molecule has 1 fully saturated rings. The van der Waals surface area contributed by atoms with E-state index in [2.05, 4.69) is 6.07 Å². The summed E-state index contributed by atoms with van der Waals surface area (Å²) in [7, 11) is 0. The monoisotopic (exact) mass is 235 g/mol. The van der Waals surface area contributed by atoms with Crippen LogP contribution in [-0.2, 0) is 11.2 Å². The van der Waals surface area contributed by atoms with Crippen molar-refractivity contribution in [1.82, 2.24) is 4.90 Å². The lowest BCUT2D eigenvalue weighted by Gasteiger charge is -2.23. The van der Waals surface area contributed by atoms with Crippen LogP contribution in [0.3, 0.4) is 0 Å². The second kappa shape index (κ2) is 3.77. The van der Waals surface area contributed by atoms with Gasteiger partial charge in [0.25, 0.3) is 0 Å². The number of carbonyl (C=O) groups excluding carboxylic acids is 1. The van der Waals surface area contributed by atoms with Crippen molar-refractivity contribution in [3.8, 4) is 0 Å². The van der Waals surface area contributed by atoms with Gasteiger partial charge in [0.15, 0.2) is 0 Å². The first kappa shape index (κ1) is 10.2. The van der Waals surface area contributed by atoms with E-state index in [1.807, 2.05) is 17.0 Å². The Hall–Kier alpha value is -1.02. The van der Waals surface area contributed by atoms with Gasteiger partial charge in [0.1, 0.15) is 0 Å². The lowest BCUT2D eigenvalue weighted by molar-refractivity contribution is -0.131. The van der Waals surface area contributed by atoms with E-state index in [0.717, 1.165) is 30.8 Å². The molecule has 0 N–H and O–H groups in total. The quantitative estimate of drug-likeness (QED) is 0.677. The molecule has 1 atom stereocenters. The summed E-state index contributed by atoms with van der Waals surface area (Å²) in [5.74, 6) is 0.301. The molecule has 3 heteroatoms. The number of nitrogens with zero attached hydrogens (tertiary/aromatic N) is 1. The summed E-state index contributed by atoms with van der Waals surface area (Å²) < 4.78 is 0. The fraction of sp³-hybridized carbons (Fsp3) is 0.462. The predicted octanol–water partition coefficient (Wildman–Crippen LogP) is 2.95. The topological polar surface area (TPSA) is 20.3 Å². The van der Waals surface area contributed by atoms with E-state index in [1.165, 1.54) is 11.1 Å². The predicted molar refractivity (Wildman–Crippen MR) is 63.5 cm³/mol. The Morgan fingerprint density at radius 1 is 1.31 bits per heavy atom. The zero-order valence-electron chi connectivity index (χ0n) is 9.08. The molecule has 2 heterocycles. The number of benzene rings is 1.